The van der Waals surface area contributed by atoms with Gasteiger partial charge in [0.15, 0.2) is 5.65 Å². The lowest BCUT2D eigenvalue weighted by atomic mass is 10.00. The van der Waals surface area contributed by atoms with Gasteiger partial charge in [0, 0.05) is 43.9 Å². The van der Waals surface area contributed by atoms with Crippen molar-refractivity contribution < 1.29 is 18.7 Å². The minimum atomic E-state index is -2.83. The summed E-state index contributed by atoms with van der Waals surface area (Å²) in [6.07, 6.45) is 7.15. The molecule has 0 atom stereocenters. The molecule has 0 aliphatic carbocycles. The molecule has 32 heavy (non-hydrogen) atoms. The lowest BCUT2D eigenvalue weighted by Gasteiger charge is -2.27. The van der Waals surface area contributed by atoms with E-state index < -0.39 is 12.3 Å². The third kappa shape index (κ3) is 5.10. The van der Waals surface area contributed by atoms with Crippen molar-refractivity contribution in [2.45, 2.75) is 38.7 Å². The number of nitrogens with one attached hydrogen (secondary N) is 1. The highest BCUT2D eigenvalue weighted by Gasteiger charge is 2.25. The Morgan fingerprint density at radius 3 is 2.94 bits per heavy atom. The van der Waals surface area contributed by atoms with E-state index in [1.54, 1.807) is 32.7 Å². The van der Waals surface area contributed by atoms with Crippen LogP contribution in [0.15, 0.2) is 36.8 Å². The molecular formula is C21H25F2N7O2. The summed E-state index contributed by atoms with van der Waals surface area (Å²) in [6.45, 7) is 2.09. The summed E-state index contributed by atoms with van der Waals surface area (Å²) in [5.41, 5.74) is 3.33. The van der Waals surface area contributed by atoms with Gasteiger partial charge in [-0.05, 0) is 31.1 Å². The zero-order valence-corrected chi connectivity index (χ0v) is 17.7. The number of carbonyl (C=O) groups excluding carboxylic acids is 1. The number of rotatable bonds is 8. The lowest BCUT2D eigenvalue weighted by molar-refractivity contribution is -0.132. The highest BCUT2D eigenvalue weighted by molar-refractivity contribution is 5.81. The fourth-order valence-electron chi connectivity index (χ4n) is 3.62. The van der Waals surface area contributed by atoms with Crippen LogP contribution in [0.5, 0.6) is 0 Å². The molecule has 11 heteroatoms. The largest absolute Gasteiger partial charge is 0.394 e. The normalized spacial score (nSPS) is 14.6. The van der Waals surface area contributed by atoms with Gasteiger partial charge in [0.25, 0.3) is 0 Å². The quantitative estimate of drug-likeness (QED) is 0.553. The predicted molar refractivity (Wildman–Crippen MR) is 115 cm³/mol. The Morgan fingerprint density at radius 1 is 1.38 bits per heavy atom. The molecule has 0 unspecified atom stereocenters. The van der Waals surface area contributed by atoms with Crippen LogP contribution in [-0.4, -0.2) is 65.9 Å². The molecule has 170 valence electrons. The second kappa shape index (κ2) is 9.03. The standard InChI is InChI=1S/C21H25F2N7O2/c1-21(22,23)7-4-18(32)28-9-5-15(6-10-28)17-3-2-8-30-19(17)26-20(27-30)25-16-13-24-29(14-16)11-12-31/h2-3,5,8,13-14,31H,4,6-7,9-12H2,1H3,(H,25,27). The van der Waals surface area contributed by atoms with Crippen LogP contribution in [0.2, 0.25) is 0 Å². The number of carbonyl (C=O) groups is 1. The van der Waals surface area contributed by atoms with Gasteiger partial charge in [-0.15, -0.1) is 5.10 Å². The Labute approximate surface area is 183 Å². The van der Waals surface area contributed by atoms with Crippen molar-refractivity contribution in [3.05, 3.63) is 42.4 Å². The average Bonchev–Trinajstić information content (AvgIpc) is 3.38. The van der Waals surface area contributed by atoms with Crippen LogP contribution in [0.3, 0.4) is 0 Å². The Morgan fingerprint density at radius 2 is 2.22 bits per heavy atom. The maximum absolute atomic E-state index is 13.0. The van der Waals surface area contributed by atoms with Crippen molar-refractivity contribution in [1.82, 2.24) is 29.3 Å². The summed E-state index contributed by atoms with van der Waals surface area (Å²) >= 11 is 0. The molecule has 0 aromatic carbocycles. The number of nitrogens with zero attached hydrogens (tertiary/aromatic N) is 6. The summed E-state index contributed by atoms with van der Waals surface area (Å²) in [5.74, 6) is -2.68. The number of hydrogen-bond acceptors (Lipinski definition) is 6. The predicted octanol–water partition coefficient (Wildman–Crippen LogP) is 2.71. The molecule has 0 radical (unpaired) electrons. The number of halogens is 2. The van der Waals surface area contributed by atoms with E-state index in [0.717, 1.165) is 18.1 Å². The topological polar surface area (TPSA) is 101 Å². The fraction of sp³-hybridized carbons (Fsp3) is 0.429. The molecule has 0 saturated heterocycles. The first-order valence-electron chi connectivity index (χ1n) is 10.4. The molecule has 9 nitrogen and oxygen atoms in total. The molecule has 0 fully saturated rings. The molecule has 4 rings (SSSR count). The van der Waals surface area contributed by atoms with Gasteiger partial charge in [-0.2, -0.15) is 10.1 Å². The molecule has 3 aromatic heterocycles. The summed E-state index contributed by atoms with van der Waals surface area (Å²) in [6, 6.07) is 3.83. The van der Waals surface area contributed by atoms with Gasteiger partial charge in [0.2, 0.25) is 17.8 Å². The molecule has 0 saturated carbocycles. The second-order valence-corrected chi connectivity index (χ2v) is 7.86. The average molecular weight is 445 g/mol. The number of pyridine rings is 1. The van der Waals surface area contributed by atoms with Crippen molar-refractivity contribution in [3.8, 4) is 0 Å². The maximum Gasteiger partial charge on any atom is 0.247 e. The third-order valence-corrected chi connectivity index (χ3v) is 5.27. The van der Waals surface area contributed by atoms with Gasteiger partial charge < -0.3 is 15.3 Å². The zero-order chi connectivity index (χ0) is 22.7. The fourth-order valence-corrected chi connectivity index (χ4v) is 3.62. The Bertz CT molecular complexity index is 1130. The Balaban J connectivity index is 1.47. The first kappa shape index (κ1) is 21.9. The molecule has 1 amide bonds. The number of aliphatic hydroxyl groups excluding tert-OH is 1. The van der Waals surface area contributed by atoms with E-state index in [9.17, 15) is 13.6 Å². The summed E-state index contributed by atoms with van der Waals surface area (Å²) < 4.78 is 29.4. The number of aliphatic hydroxyl groups is 1. The molecule has 2 N–H and O–H groups in total. The number of amides is 1. The molecule has 0 bridgehead atoms. The van der Waals surface area contributed by atoms with Crippen molar-refractivity contribution >= 4 is 28.8 Å². The number of fused-ring (bicyclic) bond motifs is 1. The van der Waals surface area contributed by atoms with E-state index in [2.05, 4.69) is 20.5 Å². The van der Waals surface area contributed by atoms with E-state index in [1.807, 2.05) is 18.2 Å². The minimum absolute atomic E-state index is 0.000312. The second-order valence-electron chi connectivity index (χ2n) is 7.86. The van der Waals surface area contributed by atoms with Gasteiger partial charge in [-0.1, -0.05) is 6.08 Å². The van der Waals surface area contributed by atoms with Crippen molar-refractivity contribution in [2.75, 3.05) is 25.0 Å². The van der Waals surface area contributed by atoms with Crippen molar-refractivity contribution in [3.63, 3.8) is 0 Å². The SMILES string of the molecule is CC(F)(F)CCC(=O)N1CC=C(c2cccn3nc(Nc4cnn(CCO)c4)nc23)CC1. The van der Waals surface area contributed by atoms with Gasteiger partial charge >= 0.3 is 0 Å². The summed E-state index contributed by atoms with van der Waals surface area (Å²) in [5, 5.41) is 20.7. The number of alkyl halides is 2. The molecule has 0 spiro atoms. The van der Waals surface area contributed by atoms with Crippen LogP contribution >= 0.6 is 0 Å². The minimum Gasteiger partial charge on any atom is -0.394 e. The van der Waals surface area contributed by atoms with E-state index in [0.29, 0.717) is 43.3 Å². The monoisotopic (exact) mass is 445 g/mol. The van der Waals surface area contributed by atoms with Crippen LogP contribution in [0.1, 0.15) is 31.7 Å². The smallest absolute Gasteiger partial charge is 0.247 e. The summed E-state index contributed by atoms with van der Waals surface area (Å²) in [4.78, 5) is 18.4. The van der Waals surface area contributed by atoms with Crippen LogP contribution < -0.4 is 5.32 Å². The Hall–Kier alpha value is -3.34. The van der Waals surface area contributed by atoms with Gasteiger partial charge in [-0.25, -0.2) is 13.3 Å². The van der Waals surface area contributed by atoms with Crippen molar-refractivity contribution in [2.24, 2.45) is 0 Å². The highest BCUT2D eigenvalue weighted by atomic mass is 19.3. The third-order valence-electron chi connectivity index (χ3n) is 5.27. The van der Waals surface area contributed by atoms with Gasteiger partial charge in [-0.3, -0.25) is 9.48 Å². The summed E-state index contributed by atoms with van der Waals surface area (Å²) in [7, 11) is 0. The van der Waals surface area contributed by atoms with Crippen LogP contribution in [-0.2, 0) is 11.3 Å². The number of hydrogen-bond donors (Lipinski definition) is 2. The van der Waals surface area contributed by atoms with E-state index in [-0.39, 0.29) is 18.9 Å². The Kier molecular flexibility index (Phi) is 6.17. The zero-order valence-electron chi connectivity index (χ0n) is 17.7. The van der Waals surface area contributed by atoms with E-state index >= 15 is 0 Å². The molecule has 3 aromatic rings. The van der Waals surface area contributed by atoms with E-state index in [1.165, 1.54) is 0 Å². The van der Waals surface area contributed by atoms with Crippen LogP contribution in [0, 0.1) is 0 Å². The van der Waals surface area contributed by atoms with Gasteiger partial charge in [0.05, 0.1) is 25.0 Å². The molecule has 1 aliphatic heterocycles. The number of anilines is 2. The lowest BCUT2D eigenvalue weighted by Crippen LogP contribution is -2.35. The first-order chi connectivity index (χ1) is 15.3. The molecule has 4 heterocycles. The molecular weight excluding hydrogens is 420 g/mol. The van der Waals surface area contributed by atoms with Crippen molar-refractivity contribution in [1.29, 1.82) is 0 Å². The van der Waals surface area contributed by atoms with E-state index in [4.69, 9.17) is 5.11 Å². The van der Waals surface area contributed by atoms with Gasteiger partial charge in [0.1, 0.15) is 0 Å². The first-order valence-corrected chi connectivity index (χ1v) is 10.4. The molecule has 1 aliphatic rings. The van der Waals surface area contributed by atoms with Crippen LogP contribution in [0.4, 0.5) is 20.4 Å². The maximum atomic E-state index is 13.0. The number of aromatic nitrogens is 5. The van der Waals surface area contributed by atoms with Crippen LogP contribution in [0.25, 0.3) is 11.2 Å². The highest BCUT2D eigenvalue weighted by Crippen LogP contribution is 2.27.